The number of nitrogens with one attached hydrogen (secondary N) is 1. The second-order valence-corrected chi connectivity index (χ2v) is 5.32. The first-order valence-electron chi connectivity index (χ1n) is 7.35. The molecule has 1 heterocycles. The van der Waals surface area contributed by atoms with E-state index in [0.717, 1.165) is 46.2 Å². The summed E-state index contributed by atoms with van der Waals surface area (Å²) in [5, 5.41) is 5.83. The van der Waals surface area contributed by atoms with Crippen LogP contribution < -0.4 is 10.1 Å². The van der Waals surface area contributed by atoms with Gasteiger partial charge >= 0.3 is 0 Å². The predicted octanol–water partition coefficient (Wildman–Crippen LogP) is 4.53. The minimum Gasteiger partial charge on any atom is -0.497 e. The molecular weight excluding hydrogens is 260 g/mol. The minimum atomic E-state index is 0.857. The van der Waals surface area contributed by atoms with E-state index < -0.39 is 0 Å². The Kier molecular flexibility index (Phi) is 3.65. The van der Waals surface area contributed by atoms with Crippen molar-refractivity contribution in [1.29, 1.82) is 0 Å². The number of anilines is 1. The van der Waals surface area contributed by atoms with Crippen molar-refractivity contribution >= 4 is 27.5 Å². The van der Waals surface area contributed by atoms with Gasteiger partial charge in [0, 0.05) is 17.3 Å². The molecule has 0 radical (unpaired) electrons. The molecule has 0 bridgehead atoms. The molecule has 3 nitrogen and oxygen atoms in total. The molecular formula is C18H20N2O. The van der Waals surface area contributed by atoms with Crippen LogP contribution in [0.1, 0.15) is 18.9 Å². The van der Waals surface area contributed by atoms with Gasteiger partial charge in [-0.15, -0.1) is 0 Å². The Hall–Kier alpha value is -2.29. The zero-order valence-electron chi connectivity index (χ0n) is 12.7. The van der Waals surface area contributed by atoms with Crippen LogP contribution in [0.25, 0.3) is 21.8 Å². The lowest BCUT2D eigenvalue weighted by Crippen LogP contribution is -2.02. The molecule has 0 spiro atoms. The first kappa shape index (κ1) is 13.7. The van der Waals surface area contributed by atoms with Crippen molar-refractivity contribution in [2.45, 2.75) is 20.3 Å². The van der Waals surface area contributed by atoms with E-state index in [1.54, 1.807) is 7.11 Å². The molecule has 1 N–H and O–H groups in total. The minimum absolute atomic E-state index is 0.857. The van der Waals surface area contributed by atoms with Crippen molar-refractivity contribution in [2.75, 3.05) is 19.0 Å². The molecule has 108 valence electrons. The highest BCUT2D eigenvalue weighted by Gasteiger charge is 2.10. The quantitative estimate of drug-likeness (QED) is 0.713. The molecule has 2 aromatic carbocycles. The van der Waals surface area contributed by atoms with Crippen LogP contribution in [0.15, 0.2) is 36.4 Å². The van der Waals surface area contributed by atoms with Crippen LogP contribution >= 0.6 is 0 Å². The summed E-state index contributed by atoms with van der Waals surface area (Å²) in [5.41, 5.74) is 4.40. The summed E-state index contributed by atoms with van der Waals surface area (Å²) in [6.07, 6.45) is 1.08. The summed E-state index contributed by atoms with van der Waals surface area (Å²) in [6.45, 7) is 5.21. The first-order valence-corrected chi connectivity index (χ1v) is 7.35. The number of hydrogen-bond donors (Lipinski definition) is 1. The third kappa shape index (κ3) is 2.51. The summed E-state index contributed by atoms with van der Waals surface area (Å²) in [6, 6.07) is 12.4. The van der Waals surface area contributed by atoms with Crippen LogP contribution in [0, 0.1) is 6.92 Å². The maximum absolute atomic E-state index is 5.36. The monoisotopic (exact) mass is 280 g/mol. The maximum Gasteiger partial charge on any atom is 0.119 e. The molecule has 0 saturated heterocycles. The Morgan fingerprint density at radius 1 is 1.05 bits per heavy atom. The number of fused-ring (bicyclic) bond motifs is 2. The van der Waals surface area contributed by atoms with Crippen molar-refractivity contribution in [3.8, 4) is 5.75 Å². The Bertz CT molecular complexity index is 796. The van der Waals surface area contributed by atoms with Gasteiger partial charge in [-0.05, 0) is 43.2 Å². The highest BCUT2D eigenvalue weighted by Crippen LogP contribution is 2.33. The number of hydrogen-bond acceptors (Lipinski definition) is 3. The van der Waals surface area contributed by atoms with Crippen LogP contribution in [0.3, 0.4) is 0 Å². The van der Waals surface area contributed by atoms with Gasteiger partial charge in [-0.2, -0.15) is 0 Å². The number of rotatable bonds is 4. The van der Waals surface area contributed by atoms with Crippen LogP contribution in [0.5, 0.6) is 5.75 Å². The zero-order chi connectivity index (χ0) is 14.8. The van der Waals surface area contributed by atoms with Gasteiger partial charge < -0.3 is 10.1 Å². The van der Waals surface area contributed by atoms with E-state index in [9.17, 15) is 0 Å². The molecule has 0 fully saturated rings. The average molecular weight is 280 g/mol. The molecule has 3 aromatic rings. The summed E-state index contributed by atoms with van der Waals surface area (Å²) >= 11 is 0. The molecule has 1 aromatic heterocycles. The SMILES string of the molecule is CCCNc1c2ccc(C)cc2nc2ccc(OC)cc12. The summed E-state index contributed by atoms with van der Waals surface area (Å²) in [4.78, 5) is 4.79. The van der Waals surface area contributed by atoms with Gasteiger partial charge in [-0.25, -0.2) is 4.98 Å². The maximum atomic E-state index is 5.36. The summed E-state index contributed by atoms with van der Waals surface area (Å²) in [7, 11) is 1.69. The summed E-state index contributed by atoms with van der Waals surface area (Å²) < 4.78 is 5.36. The van der Waals surface area contributed by atoms with Crippen molar-refractivity contribution < 1.29 is 4.74 Å². The Labute approximate surface area is 125 Å². The standard InChI is InChI=1S/C18H20N2O/c1-4-9-19-18-14-7-5-12(2)10-17(14)20-16-8-6-13(21-3)11-15(16)18/h5-8,10-11H,4,9H2,1-3H3,(H,19,20). The van der Waals surface area contributed by atoms with E-state index in [1.807, 2.05) is 12.1 Å². The zero-order valence-corrected chi connectivity index (χ0v) is 12.7. The molecule has 0 aliphatic heterocycles. The van der Waals surface area contributed by atoms with E-state index in [1.165, 1.54) is 5.56 Å². The van der Waals surface area contributed by atoms with E-state index in [0.29, 0.717) is 0 Å². The molecule has 21 heavy (non-hydrogen) atoms. The molecule has 0 unspecified atom stereocenters. The van der Waals surface area contributed by atoms with Gasteiger partial charge in [0.15, 0.2) is 0 Å². The van der Waals surface area contributed by atoms with Crippen molar-refractivity contribution in [3.63, 3.8) is 0 Å². The number of aryl methyl sites for hydroxylation is 1. The first-order chi connectivity index (χ1) is 10.2. The smallest absolute Gasteiger partial charge is 0.119 e. The molecule has 0 aliphatic carbocycles. The molecule has 0 aliphatic rings. The van der Waals surface area contributed by atoms with E-state index >= 15 is 0 Å². The second-order valence-electron chi connectivity index (χ2n) is 5.32. The Balaban J connectivity index is 2.33. The van der Waals surface area contributed by atoms with E-state index in [4.69, 9.17) is 9.72 Å². The van der Waals surface area contributed by atoms with Crippen LogP contribution in [-0.2, 0) is 0 Å². The van der Waals surface area contributed by atoms with Crippen molar-refractivity contribution in [2.24, 2.45) is 0 Å². The number of methoxy groups -OCH3 is 1. The van der Waals surface area contributed by atoms with Gasteiger partial charge in [-0.3, -0.25) is 0 Å². The lowest BCUT2D eigenvalue weighted by molar-refractivity contribution is 0.415. The van der Waals surface area contributed by atoms with Gasteiger partial charge in [0.2, 0.25) is 0 Å². The predicted molar refractivity (Wildman–Crippen MR) is 89.3 cm³/mol. The van der Waals surface area contributed by atoms with Gasteiger partial charge in [0.25, 0.3) is 0 Å². The van der Waals surface area contributed by atoms with Crippen molar-refractivity contribution in [1.82, 2.24) is 4.98 Å². The number of ether oxygens (including phenoxy) is 1. The fraction of sp³-hybridized carbons (Fsp3) is 0.278. The van der Waals surface area contributed by atoms with Crippen LogP contribution in [0.4, 0.5) is 5.69 Å². The van der Waals surface area contributed by atoms with E-state index in [-0.39, 0.29) is 0 Å². The van der Waals surface area contributed by atoms with Gasteiger partial charge in [0.05, 0.1) is 23.8 Å². The van der Waals surface area contributed by atoms with Gasteiger partial charge in [-0.1, -0.05) is 19.1 Å². The number of pyridine rings is 1. The second kappa shape index (κ2) is 5.60. The lowest BCUT2D eigenvalue weighted by Gasteiger charge is -2.14. The number of benzene rings is 2. The highest BCUT2D eigenvalue weighted by atomic mass is 16.5. The number of aromatic nitrogens is 1. The lowest BCUT2D eigenvalue weighted by atomic mass is 10.1. The normalized spacial score (nSPS) is 11.0. The highest BCUT2D eigenvalue weighted by molar-refractivity contribution is 6.07. The fourth-order valence-electron chi connectivity index (χ4n) is 2.60. The number of nitrogens with zero attached hydrogens (tertiary/aromatic N) is 1. The molecule has 3 heteroatoms. The Morgan fingerprint density at radius 3 is 2.67 bits per heavy atom. The van der Waals surface area contributed by atoms with Gasteiger partial charge in [0.1, 0.15) is 5.75 Å². The topological polar surface area (TPSA) is 34.2 Å². The summed E-state index contributed by atoms with van der Waals surface area (Å²) in [5.74, 6) is 0.857. The van der Waals surface area contributed by atoms with Crippen LogP contribution in [0.2, 0.25) is 0 Å². The van der Waals surface area contributed by atoms with E-state index in [2.05, 4.69) is 43.4 Å². The third-order valence-electron chi connectivity index (χ3n) is 3.69. The molecule has 3 rings (SSSR count). The Morgan fingerprint density at radius 2 is 1.90 bits per heavy atom. The molecule has 0 atom stereocenters. The molecule has 0 saturated carbocycles. The molecule has 0 amide bonds. The average Bonchev–Trinajstić information content (AvgIpc) is 2.50. The largest absolute Gasteiger partial charge is 0.497 e. The van der Waals surface area contributed by atoms with Crippen LogP contribution in [-0.4, -0.2) is 18.6 Å². The van der Waals surface area contributed by atoms with Crippen molar-refractivity contribution in [3.05, 3.63) is 42.0 Å². The third-order valence-corrected chi connectivity index (χ3v) is 3.69. The fourth-order valence-corrected chi connectivity index (χ4v) is 2.60.